The summed E-state index contributed by atoms with van der Waals surface area (Å²) in [5.41, 5.74) is 0.505. The SMILES string of the molecule is CC1CC(C(=O)Nc2ccc(S(=O)(=O)Cl)c(Br)c2)CO1. The Labute approximate surface area is 130 Å². The standard InChI is InChI=1S/C12H13BrClNO4S/c1-7-4-8(6-19-7)12(16)15-9-2-3-11(10(13)5-9)20(14,17)18/h2-3,5,7-8H,4,6H2,1H3,(H,15,16). The highest BCUT2D eigenvalue weighted by molar-refractivity contribution is 9.10. The number of rotatable bonds is 3. The maximum absolute atomic E-state index is 12.0. The van der Waals surface area contributed by atoms with E-state index >= 15 is 0 Å². The molecular weight excluding hydrogens is 370 g/mol. The number of anilines is 1. The lowest BCUT2D eigenvalue weighted by molar-refractivity contribution is -0.119. The molecule has 1 amide bonds. The largest absolute Gasteiger partial charge is 0.378 e. The minimum atomic E-state index is -3.81. The maximum Gasteiger partial charge on any atom is 0.262 e. The van der Waals surface area contributed by atoms with Crippen molar-refractivity contribution in [1.29, 1.82) is 0 Å². The van der Waals surface area contributed by atoms with E-state index in [1.54, 1.807) is 0 Å². The van der Waals surface area contributed by atoms with Crippen LogP contribution in [-0.4, -0.2) is 27.0 Å². The number of halogens is 2. The molecule has 5 nitrogen and oxygen atoms in total. The van der Waals surface area contributed by atoms with Crippen LogP contribution in [0.4, 0.5) is 5.69 Å². The lowest BCUT2D eigenvalue weighted by Gasteiger charge is -2.10. The van der Waals surface area contributed by atoms with Gasteiger partial charge in [-0.05, 0) is 47.5 Å². The van der Waals surface area contributed by atoms with Gasteiger partial charge in [0.2, 0.25) is 5.91 Å². The second-order valence-corrected chi connectivity index (χ2v) is 8.04. The second kappa shape index (κ2) is 6.01. The van der Waals surface area contributed by atoms with Gasteiger partial charge in [-0.3, -0.25) is 4.79 Å². The number of ether oxygens (including phenoxy) is 1. The molecule has 0 bridgehead atoms. The van der Waals surface area contributed by atoms with Gasteiger partial charge in [0.25, 0.3) is 9.05 Å². The third kappa shape index (κ3) is 3.72. The van der Waals surface area contributed by atoms with Gasteiger partial charge in [0.15, 0.2) is 0 Å². The molecule has 0 aliphatic carbocycles. The first kappa shape index (κ1) is 15.8. The fourth-order valence-electron chi connectivity index (χ4n) is 2.02. The summed E-state index contributed by atoms with van der Waals surface area (Å²) in [4.78, 5) is 12.0. The fourth-order valence-corrected chi connectivity index (χ4v) is 4.24. The second-order valence-electron chi connectivity index (χ2n) is 4.65. The number of benzene rings is 1. The van der Waals surface area contributed by atoms with Crippen LogP contribution in [-0.2, 0) is 18.6 Å². The van der Waals surface area contributed by atoms with Crippen LogP contribution in [0.3, 0.4) is 0 Å². The van der Waals surface area contributed by atoms with Crippen molar-refractivity contribution in [2.75, 3.05) is 11.9 Å². The van der Waals surface area contributed by atoms with Crippen LogP contribution in [0.25, 0.3) is 0 Å². The van der Waals surface area contributed by atoms with Gasteiger partial charge in [-0.1, -0.05) is 0 Å². The van der Waals surface area contributed by atoms with Gasteiger partial charge in [0.1, 0.15) is 0 Å². The van der Waals surface area contributed by atoms with Crippen LogP contribution < -0.4 is 5.32 Å². The normalized spacial score (nSPS) is 22.8. The Bertz CT molecular complexity index is 634. The molecule has 2 unspecified atom stereocenters. The molecular formula is C12H13BrClNO4S. The lowest BCUT2D eigenvalue weighted by Crippen LogP contribution is -2.23. The van der Waals surface area contributed by atoms with Gasteiger partial charge >= 0.3 is 0 Å². The number of amides is 1. The highest BCUT2D eigenvalue weighted by Crippen LogP contribution is 2.28. The van der Waals surface area contributed by atoms with Crippen molar-refractivity contribution in [2.45, 2.75) is 24.3 Å². The van der Waals surface area contributed by atoms with E-state index in [0.29, 0.717) is 23.2 Å². The third-order valence-electron chi connectivity index (χ3n) is 3.03. The molecule has 0 saturated carbocycles. The zero-order chi connectivity index (χ0) is 14.9. The van der Waals surface area contributed by atoms with Gasteiger partial charge < -0.3 is 10.1 Å². The first-order valence-electron chi connectivity index (χ1n) is 5.94. The van der Waals surface area contributed by atoms with Crippen molar-refractivity contribution < 1.29 is 17.9 Å². The van der Waals surface area contributed by atoms with E-state index in [-0.39, 0.29) is 22.8 Å². The summed E-state index contributed by atoms with van der Waals surface area (Å²) in [6.07, 6.45) is 0.766. The van der Waals surface area contributed by atoms with Gasteiger partial charge in [0.05, 0.1) is 23.5 Å². The Kier molecular flexibility index (Phi) is 4.73. The van der Waals surface area contributed by atoms with Crippen molar-refractivity contribution in [1.82, 2.24) is 0 Å². The van der Waals surface area contributed by atoms with Gasteiger partial charge in [-0.25, -0.2) is 8.42 Å². The summed E-state index contributed by atoms with van der Waals surface area (Å²) < 4.78 is 28.2. The summed E-state index contributed by atoms with van der Waals surface area (Å²) in [5, 5.41) is 2.74. The number of carbonyl (C=O) groups excluding carboxylic acids is 1. The Hall–Kier alpha value is -0.630. The van der Waals surface area contributed by atoms with Crippen molar-refractivity contribution in [3.8, 4) is 0 Å². The third-order valence-corrected chi connectivity index (χ3v) is 5.33. The smallest absolute Gasteiger partial charge is 0.262 e. The van der Waals surface area contributed by atoms with Crippen LogP contribution in [0.2, 0.25) is 0 Å². The Morgan fingerprint density at radius 2 is 2.20 bits per heavy atom. The molecule has 0 radical (unpaired) electrons. The van der Waals surface area contributed by atoms with Crippen LogP contribution in [0, 0.1) is 5.92 Å². The van der Waals surface area contributed by atoms with E-state index in [4.69, 9.17) is 15.4 Å². The summed E-state index contributed by atoms with van der Waals surface area (Å²) in [7, 11) is 1.47. The zero-order valence-electron chi connectivity index (χ0n) is 10.6. The van der Waals surface area contributed by atoms with Crippen LogP contribution in [0.5, 0.6) is 0 Å². The molecule has 1 heterocycles. The zero-order valence-corrected chi connectivity index (χ0v) is 13.8. The summed E-state index contributed by atoms with van der Waals surface area (Å²) in [6, 6.07) is 4.35. The van der Waals surface area contributed by atoms with Gasteiger partial charge in [-0.2, -0.15) is 0 Å². The lowest BCUT2D eigenvalue weighted by atomic mass is 10.1. The van der Waals surface area contributed by atoms with Crippen molar-refractivity contribution in [3.63, 3.8) is 0 Å². The fraction of sp³-hybridized carbons (Fsp3) is 0.417. The van der Waals surface area contributed by atoms with Crippen LogP contribution in [0.1, 0.15) is 13.3 Å². The Morgan fingerprint density at radius 1 is 1.50 bits per heavy atom. The predicted molar refractivity (Wildman–Crippen MR) is 79.3 cm³/mol. The maximum atomic E-state index is 12.0. The average Bonchev–Trinajstić information content (AvgIpc) is 2.74. The number of carbonyl (C=O) groups is 1. The average molecular weight is 383 g/mol. The molecule has 1 saturated heterocycles. The molecule has 1 fully saturated rings. The molecule has 1 N–H and O–H groups in total. The van der Waals surface area contributed by atoms with E-state index in [1.807, 2.05) is 6.92 Å². The van der Waals surface area contributed by atoms with E-state index in [0.717, 1.165) is 0 Å². The van der Waals surface area contributed by atoms with Crippen molar-refractivity contribution >= 4 is 47.3 Å². The molecule has 110 valence electrons. The molecule has 1 aromatic rings. The molecule has 0 aromatic heterocycles. The molecule has 1 aliphatic rings. The summed E-state index contributed by atoms with van der Waals surface area (Å²) >= 11 is 3.13. The molecule has 2 atom stereocenters. The highest BCUT2D eigenvalue weighted by atomic mass is 79.9. The minimum absolute atomic E-state index is 0.0324. The quantitative estimate of drug-likeness (QED) is 0.816. The van der Waals surface area contributed by atoms with Crippen molar-refractivity contribution in [3.05, 3.63) is 22.7 Å². The Balaban J connectivity index is 2.11. The number of hydrogen-bond donors (Lipinski definition) is 1. The minimum Gasteiger partial charge on any atom is -0.378 e. The predicted octanol–water partition coefficient (Wildman–Crippen LogP) is 2.74. The first-order chi connectivity index (χ1) is 9.27. The first-order valence-corrected chi connectivity index (χ1v) is 9.04. The summed E-state index contributed by atoms with van der Waals surface area (Å²) in [6.45, 7) is 2.33. The topological polar surface area (TPSA) is 72.5 Å². The molecule has 2 rings (SSSR count). The van der Waals surface area contributed by atoms with E-state index < -0.39 is 9.05 Å². The van der Waals surface area contributed by atoms with E-state index in [9.17, 15) is 13.2 Å². The highest BCUT2D eigenvalue weighted by Gasteiger charge is 2.28. The van der Waals surface area contributed by atoms with Crippen molar-refractivity contribution in [2.24, 2.45) is 5.92 Å². The van der Waals surface area contributed by atoms with Gasteiger partial charge in [-0.15, -0.1) is 0 Å². The Morgan fingerprint density at radius 3 is 2.70 bits per heavy atom. The molecule has 1 aromatic carbocycles. The van der Waals surface area contributed by atoms with E-state index in [2.05, 4.69) is 21.2 Å². The molecule has 8 heteroatoms. The molecule has 20 heavy (non-hydrogen) atoms. The number of hydrogen-bond acceptors (Lipinski definition) is 4. The van der Waals surface area contributed by atoms with Crippen LogP contribution >= 0.6 is 26.6 Å². The molecule has 0 spiro atoms. The molecule has 1 aliphatic heterocycles. The summed E-state index contributed by atoms with van der Waals surface area (Å²) in [5.74, 6) is -0.317. The van der Waals surface area contributed by atoms with Gasteiger partial charge in [0, 0.05) is 20.8 Å². The van der Waals surface area contributed by atoms with Crippen LogP contribution in [0.15, 0.2) is 27.6 Å². The number of nitrogens with one attached hydrogen (secondary N) is 1. The monoisotopic (exact) mass is 381 g/mol. The van der Waals surface area contributed by atoms with E-state index in [1.165, 1.54) is 18.2 Å².